The van der Waals surface area contributed by atoms with Gasteiger partial charge in [0.05, 0.1) is 12.7 Å². The lowest BCUT2D eigenvalue weighted by Crippen LogP contribution is -2.26. The molecule has 1 aromatic heterocycles. The Morgan fingerprint density at radius 3 is 3.07 bits per heavy atom. The molecule has 0 spiro atoms. The molecule has 0 atom stereocenters. The summed E-state index contributed by atoms with van der Waals surface area (Å²) >= 11 is 0. The molecule has 0 unspecified atom stereocenters. The van der Waals surface area contributed by atoms with E-state index in [1.54, 1.807) is 17.1 Å². The van der Waals surface area contributed by atoms with Crippen molar-refractivity contribution in [2.24, 2.45) is 0 Å². The predicted molar refractivity (Wildman–Crippen MR) is 49.4 cm³/mol. The van der Waals surface area contributed by atoms with Crippen LogP contribution in [0.5, 0.6) is 0 Å². The normalized spacial score (nSPS) is 10.1. The van der Waals surface area contributed by atoms with Crippen LogP contribution in [0.4, 0.5) is 0 Å². The van der Waals surface area contributed by atoms with E-state index in [0.29, 0.717) is 25.9 Å². The van der Waals surface area contributed by atoms with Crippen molar-refractivity contribution in [3.8, 4) is 0 Å². The SMILES string of the molecule is O=C(CCn1ccnn1)NCCCO. The number of carbonyl (C=O) groups excluding carboxylic acids is 1. The zero-order valence-electron chi connectivity index (χ0n) is 7.89. The molecule has 14 heavy (non-hydrogen) atoms. The van der Waals surface area contributed by atoms with Crippen LogP contribution in [0.2, 0.25) is 0 Å². The summed E-state index contributed by atoms with van der Waals surface area (Å²) in [5.74, 6) is -0.0334. The number of aryl methyl sites for hydroxylation is 1. The fourth-order valence-corrected chi connectivity index (χ4v) is 0.963. The lowest BCUT2D eigenvalue weighted by atomic mass is 10.3. The minimum absolute atomic E-state index is 0.0334. The molecule has 0 aromatic carbocycles. The second-order valence-corrected chi connectivity index (χ2v) is 2.84. The summed E-state index contributed by atoms with van der Waals surface area (Å²) in [4.78, 5) is 11.2. The summed E-state index contributed by atoms with van der Waals surface area (Å²) in [5, 5.41) is 18.5. The summed E-state index contributed by atoms with van der Waals surface area (Å²) in [6, 6.07) is 0. The summed E-state index contributed by atoms with van der Waals surface area (Å²) in [6.45, 7) is 1.15. The molecule has 1 rings (SSSR count). The minimum Gasteiger partial charge on any atom is -0.396 e. The summed E-state index contributed by atoms with van der Waals surface area (Å²) in [6.07, 6.45) is 4.26. The Morgan fingerprint density at radius 1 is 1.57 bits per heavy atom. The monoisotopic (exact) mass is 198 g/mol. The first-order valence-corrected chi connectivity index (χ1v) is 4.54. The first kappa shape index (κ1) is 10.6. The van der Waals surface area contributed by atoms with Crippen LogP contribution in [-0.2, 0) is 11.3 Å². The number of aliphatic hydroxyl groups excluding tert-OH is 1. The number of amides is 1. The van der Waals surface area contributed by atoms with E-state index in [0.717, 1.165) is 0 Å². The molecule has 6 nitrogen and oxygen atoms in total. The van der Waals surface area contributed by atoms with Gasteiger partial charge >= 0.3 is 0 Å². The third-order valence-corrected chi connectivity index (χ3v) is 1.70. The van der Waals surface area contributed by atoms with Gasteiger partial charge in [-0.05, 0) is 6.42 Å². The van der Waals surface area contributed by atoms with Crippen LogP contribution in [0.15, 0.2) is 12.4 Å². The highest BCUT2D eigenvalue weighted by Crippen LogP contribution is 1.87. The van der Waals surface area contributed by atoms with E-state index in [1.165, 1.54) is 0 Å². The maximum Gasteiger partial charge on any atom is 0.221 e. The largest absolute Gasteiger partial charge is 0.396 e. The van der Waals surface area contributed by atoms with Crippen molar-refractivity contribution in [1.82, 2.24) is 20.3 Å². The van der Waals surface area contributed by atoms with E-state index in [9.17, 15) is 4.79 Å². The molecule has 0 aliphatic carbocycles. The molecule has 0 saturated carbocycles. The zero-order chi connectivity index (χ0) is 10.2. The number of nitrogens with zero attached hydrogens (tertiary/aromatic N) is 3. The van der Waals surface area contributed by atoms with Gasteiger partial charge in [0.2, 0.25) is 5.91 Å². The number of nitrogens with one attached hydrogen (secondary N) is 1. The first-order valence-electron chi connectivity index (χ1n) is 4.54. The molecule has 1 amide bonds. The van der Waals surface area contributed by atoms with Crippen molar-refractivity contribution in [2.45, 2.75) is 19.4 Å². The van der Waals surface area contributed by atoms with Gasteiger partial charge in [-0.1, -0.05) is 5.21 Å². The van der Waals surface area contributed by atoms with Crippen LogP contribution in [0, 0.1) is 0 Å². The zero-order valence-corrected chi connectivity index (χ0v) is 7.89. The average molecular weight is 198 g/mol. The number of rotatable bonds is 6. The van der Waals surface area contributed by atoms with Gasteiger partial charge < -0.3 is 10.4 Å². The van der Waals surface area contributed by atoms with Crippen LogP contribution in [-0.4, -0.2) is 39.2 Å². The highest BCUT2D eigenvalue weighted by molar-refractivity contribution is 5.75. The predicted octanol–water partition coefficient (Wildman–Crippen LogP) is -0.833. The second kappa shape index (κ2) is 6.09. The van der Waals surface area contributed by atoms with Crippen LogP contribution < -0.4 is 5.32 Å². The molecule has 6 heteroatoms. The number of aromatic nitrogens is 3. The van der Waals surface area contributed by atoms with Crippen molar-refractivity contribution in [3.05, 3.63) is 12.4 Å². The molecule has 0 aliphatic rings. The van der Waals surface area contributed by atoms with E-state index in [-0.39, 0.29) is 12.5 Å². The van der Waals surface area contributed by atoms with E-state index >= 15 is 0 Å². The Balaban J connectivity index is 2.09. The third-order valence-electron chi connectivity index (χ3n) is 1.70. The van der Waals surface area contributed by atoms with Crippen molar-refractivity contribution >= 4 is 5.91 Å². The van der Waals surface area contributed by atoms with E-state index in [2.05, 4.69) is 15.6 Å². The molecule has 0 radical (unpaired) electrons. The van der Waals surface area contributed by atoms with Crippen LogP contribution in [0.25, 0.3) is 0 Å². The van der Waals surface area contributed by atoms with Gasteiger partial charge in [0.15, 0.2) is 0 Å². The van der Waals surface area contributed by atoms with E-state index in [4.69, 9.17) is 5.11 Å². The Bertz CT molecular complexity index is 260. The van der Waals surface area contributed by atoms with Crippen molar-refractivity contribution in [1.29, 1.82) is 0 Å². The fraction of sp³-hybridized carbons (Fsp3) is 0.625. The van der Waals surface area contributed by atoms with Gasteiger partial charge in [0, 0.05) is 25.8 Å². The lowest BCUT2D eigenvalue weighted by molar-refractivity contribution is -0.121. The molecule has 2 N–H and O–H groups in total. The molecule has 0 fully saturated rings. The lowest BCUT2D eigenvalue weighted by Gasteiger charge is -2.03. The third kappa shape index (κ3) is 3.99. The van der Waals surface area contributed by atoms with Gasteiger partial charge in [0.1, 0.15) is 0 Å². The van der Waals surface area contributed by atoms with Crippen molar-refractivity contribution < 1.29 is 9.90 Å². The Kier molecular flexibility index (Phi) is 4.63. The summed E-state index contributed by atoms with van der Waals surface area (Å²) < 4.78 is 1.60. The van der Waals surface area contributed by atoms with Gasteiger partial charge in [-0.3, -0.25) is 9.48 Å². The Hall–Kier alpha value is -1.43. The highest BCUT2D eigenvalue weighted by atomic mass is 16.3. The van der Waals surface area contributed by atoms with Gasteiger partial charge in [-0.15, -0.1) is 5.10 Å². The average Bonchev–Trinajstić information content (AvgIpc) is 2.68. The standard InChI is InChI=1S/C8H14N4O2/c13-7-1-3-9-8(14)2-5-12-6-4-10-11-12/h4,6,13H,1-3,5,7H2,(H,9,14). The number of carbonyl (C=O) groups is 1. The molecule has 0 aliphatic heterocycles. The smallest absolute Gasteiger partial charge is 0.221 e. The van der Waals surface area contributed by atoms with Crippen molar-refractivity contribution in [2.75, 3.05) is 13.2 Å². The molecular formula is C8H14N4O2. The molecule has 1 heterocycles. The molecule has 0 bridgehead atoms. The fourth-order valence-electron chi connectivity index (χ4n) is 0.963. The maximum atomic E-state index is 11.2. The minimum atomic E-state index is -0.0334. The molecule has 1 aromatic rings. The topological polar surface area (TPSA) is 80.0 Å². The Morgan fingerprint density at radius 2 is 2.43 bits per heavy atom. The second-order valence-electron chi connectivity index (χ2n) is 2.84. The van der Waals surface area contributed by atoms with Crippen LogP contribution in [0.3, 0.4) is 0 Å². The van der Waals surface area contributed by atoms with Crippen molar-refractivity contribution in [3.63, 3.8) is 0 Å². The molecule has 78 valence electrons. The summed E-state index contributed by atoms with van der Waals surface area (Å²) in [7, 11) is 0. The Labute approximate surface area is 81.9 Å². The quantitative estimate of drug-likeness (QED) is 0.584. The number of aliphatic hydroxyl groups is 1. The van der Waals surface area contributed by atoms with Crippen LogP contribution >= 0.6 is 0 Å². The van der Waals surface area contributed by atoms with E-state index < -0.39 is 0 Å². The number of hydrogen-bond acceptors (Lipinski definition) is 4. The maximum absolute atomic E-state index is 11.2. The molecular weight excluding hydrogens is 184 g/mol. The van der Waals surface area contributed by atoms with Gasteiger partial charge in [0.25, 0.3) is 0 Å². The highest BCUT2D eigenvalue weighted by Gasteiger charge is 2.00. The van der Waals surface area contributed by atoms with Crippen LogP contribution in [0.1, 0.15) is 12.8 Å². The van der Waals surface area contributed by atoms with Gasteiger partial charge in [-0.2, -0.15) is 0 Å². The number of hydrogen-bond donors (Lipinski definition) is 2. The van der Waals surface area contributed by atoms with E-state index in [1.807, 2.05) is 0 Å². The first-order chi connectivity index (χ1) is 6.83. The van der Waals surface area contributed by atoms with Gasteiger partial charge in [-0.25, -0.2) is 0 Å². The molecule has 0 saturated heterocycles. The summed E-state index contributed by atoms with van der Waals surface area (Å²) in [5.41, 5.74) is 0.